The molecule has 1 saturated heterocycles. The monoisotopic (exact) mass is 252 g/mol. The summed E-state index contributed by atoms with van der Waals surface area (Å²) in [7, 11) is 0. The number of nitrogens with zero attached hydrogens (tertiary/aromatic N) is 4. The minimum Gasteiger partial charge on any atom is -0.337 e. The van der Waals surface area contributed by atoms with Crippen molar-refractivity contribution in [1.29, 1.82) is 0 Å². The van der Waals surface area contributed by atoms with Crippen molar-refractivity contribution in [3.05, 3.63) is 5.89 Å². The molecule has 1 aromatic rings. The van der Waals surface area contributed by atoms with Gasteiger partial charge in [0, 0.05) is 31.6 Å². The molecule has 0 aliphatic carbocycles. The third-order valence-electron chi connectivity index (χ3n) is 3.66. The molecule has 1 aliphatic rings. The van der Waals surface area contributed by atoms with E-state index in [-0.39, 0.29) is 5.54 Å². The Hall–Kier alpha value is -1.10. The molecule has 18 heavy (non-hydrogen) atoms. The van der Waals surface area contributed by atoms with E-state index in [2.05, 4.69) is 47.6 Å². The quantitative estimate of drug-likeness (QED) is 0.819. The van der Waals surface area contributed by atoms with Gasteiger partial charge < -0.3 is 9.42 Å². The van der Waals surface area contributed by atoms with Crippen molar-refractivity contribution in [2.45, 2.75) is 46.1 Å². The van der Waals surface area contributed by atoms with Gasteiger partial charge in [0.1, 0.15) is 0 Å². The van der Waals surface area contributed by atoms with Gasteiger partial charge in [-0.15, -0.1) is 0 Å². The van der Waals surface area contributed by atoms with Crippen molar-refractivity contribution in [3.63, 3.8) is 0 Å². The number of likely N-dealkylation sites (N-methyl/N-ethyl adjacent to an activating group) is 1. The first-order chi connectivity index (χ1) is 8.56. The fourth-order valence-corrected chi connectivity index (χ4v) is 2.64. The predicted octanol–water partition coefficient (Wildman–Crippen LogP) is 1.94. The molecule has 2 heterocycles. The van der Waals surface area contributed by atoms with Crippen LogP contribution in [0.5, 0.6) is 0 Å². The van der Waals surface area contributed by atoms with Crippen molar-refractivity contribution in [2.75, 3.05) is 31.1 Å². The van der Waals surface area contributed by atoms with Gasteiger partial charge in [-0.25, -0.2) is 0 Å². The van der Waals surface area contributed by atoms with Gasteiger partial charge in [-0.3, -0.25) is 4.90 Å². The van der Waals surface area contributed by atoms with Crippen LogP contribution in [0.2, 0.25) is 0 Å². The SMILES string of the molecule is CCCc1nc(N2CCN(CC)C(C)(C)C2)no1. The molecule has 2 rings (SSSR count). The van der Waals surface area contributed by atoms with Crippen molar-refractivity contribution in [3.8, 4) is 0 Å². The van der Waals surface area contributed by atoms with E-state index in [0.717, 1.165) is 50.9 Å². The largest absolute Gasteiger partial charge is 0.337 e. The van der Waals surface area contributed by atoms with Crippen molar-refractivity contribution < 1.29 is 4.52 Å². The van der Waals surface area contributed by atoms with E-state index in [4.69, 9.17) is 4.52 Å². The van der Waals surface area contributed by atoms with Gasteiger partial charge in [0.15, 0.2) is 0 Å². The van der Waals surface area contributed by atoms with E-state index in [0.29, 0.717) is 0 Å². The maximum absolute atomic E-state index is 5.26. The topological polar surface area (TPSA) is 45.4 Å². The number of hydrogen-bond donors (Lipinski definition) is 0. The van der Waals surface area contributed by atoms with Gasteiger partial charge >= 0.3 is 0 Å². The number of aryl methyl sites for hydroxylation is 1. The van der Waals surface area contributed by atoms with Crippen LogP contribution in [-0.2, 0) is 6.42 Å². The summed E-state index contributed by atoms with van der Waals surface area (Å²) >= 11 is 0. The highest BCUT2D eigenvalue weighted by Crippen LogP contribution is 2.23. The Kier molecular flexibility index (Phi) is 3.90. The zero-order valence-corrected chi connectivity index (χ0v) is 11.9. The van der Waals surface area contributed by atoms with Crippen molar-refractivity contribution in [2.24, 2.45) is 0 Å². The summed E-state index contributed by atoms with van der Waals surface area (Å²) in [6.07, 6.45) is 1.90. The van der Waals surface area contributed by atoms with Gasteiger partial charge in [0.05, 0.1) is 0 Å². The average Bonchev–Trinajstić information content (AvgIpc) is 2.77. The first-order valence-corrected chi connectivity index (χ1v) is 6.89. The van der Waals surface area contributed by atoms with Crippen LogP contribution in [0.1, 0.15) is 40.0 Å². The fourth-order valence-electron chi connectivity index (χ4n) is 2.64. The van der Waals surface area contributed by atoms with Gasteiger partial charge in [0.2, 0.25) is 5.89 Å². The molecule has 1 aromatic heterocycles. The minimum atomic E-state index is 0.165. The van der Waals surface area contributed by atoms with Crippen LogP contribution in [0.25, 0.3) is 0 Å². The number of anilines is 1. The Morgan fingerprint density at radius 2 is 2.06 bits per heavy atom. The van der Waals surface area contributed by atoms with Crippen LogP contribution in [0.3, 0.4) is 0 Å². The Morgan fingerprint density at radius 1 is 1.28 bits per heavy atom. The number of aromatic nitrogens is 2. The lowest BCUT2D eigenvalue weighted by Gasteiger charge is -2.46. The van der Waals surface area contributed by atoms with Crippen LogP contribution in [-0.4, -0.2) is 46.8 Å². The number of piperazine rings is 1. The van der Waals surface area contributed by atoms with E-state index < -0.39 is 0 Å². The summed E-state index contributed by atoms with van der Waals surface area (Å²) in [5.41, 5.74) is 0.165. The van der Waals surface area contributed by atoms with E-state index in [9.17, 15) is 0 Å². The Morgan fingerprint density at radius 3 is 2.67 bits per heavy atom. The van der Waals surface area contributed by atoms with Crippen LogP contribution in [0, 0.1) is 0 Å². The summed E-state index contributed by atoms with van der Waals surface area (Å²) < 4.78 is 5.26. The third-order valence-corrected chi connectivity index (χ3v) is 3.66. The molecule has 0 N–H and O–H groups in total. The second-order valence-electron chi connectivity index (χ2n) is 5.55. The molecule has 5 nitrogen and oxygen atoms in total. The molecule has 0 bridgehead atoms. The lowest BCUT2D eigenvalue weighted by Crippen LogP contribution is -2.59. The van der Waals surface area contributed by atoms with E-state index in [1.165, 1.54) is 0 Å². The van der Waals surface area contributed by atoms with E-state index in [1.807, 2.05) is 0 Å². The molecule has 0 saturated carbocycles. The highest BCUT2D eigenvalue weighted by molar-refractivity contribution is 5.30. The summed E-state index contributed by atoms with van der Waals surface area (Å²) in [4.78, 5) is 9.20. The van der Waals surface area contributed by atoms with Gasteiger partial charge in [-0.1, -0.05) is 13.8 Å². The Labute approximate surface area is 109 Å². The van der Waals surface area contributed by atoms with E-state index in [1.54, 1.807) is 0 Å². The van der Waals surface area contributed by atoms with E-state index >= 15 is 0 Å². The van der Waals surface area contributed by atoms with Crippen LogP contribution < -0.4 is 4.90 Å². The molecule has 0 spiro atoms. The van der Waals surface area contributed by atoms with Gasteiger partial charge in [-0.2, -0.15) is 4.98 Å². The summed E-state index contributed by atoms with van der Waals surface area (Å²) in [6, 6.07) is 0. The third kappa shape index (κ3) is 2.66. The van der Waals surface area contributed by atoms with Gasteiger partial charge in [0.25, 0.3) is 5.95 Å². The normalized spacial score (nSPS) is 20.3. The van der Waals surface area contributed by atoms with Gasteiger partial charge in [-0.05, 0) is 32.0 Å². The lowest BCUT2D eigenvalue weighted by atomic mass is 9.99. The smallest absolute Gasteiger partial charge is 0.266 e. The first-order valence-electron chi connectivity index (χ1n) is 6.89. The number of rotatable bonds is 4. The molecule has 1 fully saturated rings. The molecule has 0 amide bonds. The summed E-state index contributed by atoms with van der Waals surface area (Å²) in [5.74, 6) is 1.51. The zero-order chi connectivity index (χ0) is 13.2. The zero-order valence-electron chi connectivity index (χ0n) is 11.9. The number of hydrogen-bond acceptors (Lipinski definition) is 5. The van der Waals surface area contributed by atoms with Crippen LogP contribution in [0.15, 0.2) is 4.52 Å². The molecular weight excluding hydrogens is 228 g/mol. The molecule has 5 heteroatoms. The van der Waals surface area contributed by atoms with Crippen molar-refractivity contribution in [1.82, 2.24) is 15.0 Å². The molecule has 0 atom stereocenters. The molecule has 1 aliphatic heterocycles. The van der Waals surface area contributed by atoms with Crippen molar-refractivity contribution >= 4 is 5.95 Å². The second kappa shape index (κ2) is 5.26. The molecule has 0 aromatic carbocycles. The second-order valence-corrected chi connectivity index (χ2v) is 5.55. The van der Waals surface area contributed by atoms with Crippen LogP contribution in [0.4, 0.5) is 5.95 Å². The summed E-state index contributed by atoms with van der Waals surface area (Å²) in [5, 5.41) is 4.10. The van der Waals surface area contributed by atoms with Crippen LogP contribution >= 0.6 is 0 Å². The standard InChI is InChI=1S/C13H24N4O/c1-5-7-11-14-12(15-18-11)16-8-9-17(6-2)13(3,4)10-16/h5-10H2,1-4H3. The summed E-state index contributed by atoms with van der Waals surface area (Å²) in [6.45, 7) is 13.0. The molecule has 0 radical (unpaired) electrons. The highest BCUT2D eigenvalue weighted by Gasteiger charge is 2.34. The lowest BCUT2D eigenvalue weighted by molar-refractivity contribution is 0.111. The molecule has 0 unspecified atom stereocenters. The predicted molar refractivity (Wildman–Crippen MR) is 71.8 cm³/mol. The first kappa shape index (κ1) is 13.3. The molecular formula is C13H24N4O. The maximum atomic E-state index is 5.26. The minimum absolute atomic E-state index is 0.165. The highest BCUT2D eigenvalue weighted by atomic mass is 16.5. The fraction of sp³-hybridized carbons (Fsp3) is 0.846. The molecule has 102 valence electrons. The Balaban J connectivity index is 2.06. The Bertz CT molecular complexity index is 388. The average molecular weight is 252 g/mol. The maximum Gasteiger partial charge on any atom is 0.266 e.